The first-order valence-electron chi connectivity index (χ1n) is 12.5. The first-order chi connectivity index (χ1) is 17.0. The fourth-order valence-electron chi connectivity index (χ4n) is 3.59. The summed E-state index contributed by atoms with van der Waals surface area (Å²) < 4.78 is 16.5. The van der Waals surface area contributed by atoms with Gasteiger partial charge in [0.2, 0.25) is 0 Å². The largest absolute Gasteiger partial charge is 0.492 e. The molecule has 0 aliphatic carbocycles. The number of benzene rings is 2. The molecule has 1 unspecified atom stereocenters. The van der Waals surface area contributed by atoms with Gasteiger partial charge in [-0.05, 0) is 55.9 Å². The fraction of sp³-hybridized carbons (Fsp3) is 0.500. The monoisotopic (exact) mass is 485 g/mol. The van der Waals surface area contributed by atoms with Gasteiger partial charge < -0.3 is 24.2 Å². The maximum absolute atomic E-state index is 12.6. The summed E-state index contributed by atoms with van der Waals surface area (Å²) in [5.74, 6) is -0.303. The van der Waals surface area contributed by atoms with Crippen LogP contribution in [-0.2, 0) is 27.1 Å². The Kier molecular flexibility index (Phi) is 13.3. The molecule has 0 heterocycles. The summed E-state index contributed by atoms with van der Waals surface area (Å²) in [7, 11) is 0. The van der Waals surface area contributed by atoms with Crippen LogP contribution in [0.15, 0.2) is 54.6 Å². The molecule has 0 bridgehead atoms. The van der Waals surface area contributed by atoms with E-state index < -0.39 is 12.1 Å². The number of hydrogen-bond donors (Lipinski definition) is 1. The van der Waals surface area contributed by atoms with Crippen LogP contribution in [-0.4, -0.2) is 61.1 Å². The molecule has 2 aromatic rings. The third-order valence-corrected chi connectivity index (χ3v) is 5.59. The van der Waals surface area contributed by atoms with E-state index in [4.69, 9.17) is 14.2 Å². The van der Waals surface area contributed by atoms with Gasteiger partial charge in [0.15, 0.2) is 6.10 Å². The second-order valence-electron chi connectivity index (χ2n) is 8.38. The topological polar surface area (TPSA) is 85.3 Å². The zero-order valence-corrected chi connectivity index (χ0v) is 21.0. The number of hydrogen-bond acceptors (Lipinski definition) is 5. The molecule has 1 atom stereocenters. The highest BCUT2D eigenvalue weighted by Crippen LogP contribution is 2.15. The molecule has 0 fully saturated rings. The van der Waals surface area contributed by atoms with Crippen molar-refractivity contribution in [2.45, 2.75) is 58.5 Å². The van der Waals surface area contributed by atoms with Crippen LogP contribution in [0.4, 0.5) is 4.79 Å². The van der Waals surface area contributed by atoms with Crippen LogP contribution in [0.5, 0.6) is 5.75 Å². The number of ether oxygens (including phenoxy) is 3. The number of aliphatic carboxylic acids is 1. The molecule has 2 aromatic carbocycles. The predicted molar refractivity (Wildman–Crippen MR) is 136 cm³/mol. The summed E-state index contributed by atoms with van der Waals surface area (Å²) in [6.07, 6.45) is 3.82. The van der Waals surface area contributed by atoms with E-state index in [1.807, 2.05) is 42.5 Å². The van der Waals surface area contributed by atoms with Gasteiger partial charge in [0.25, 0.3) is 0 Å². The molecule has 0 aliphatic heterocycles. The Balaban J connectivity index is 1.82. The molecule has 0 aromatic heterocycles. The van der Waals surface area contributed by atoms with Crippen molar-refractivity contribution in [3.05, 3.63) is 65.7 Å². The molecule has 0 radical (unpaired) electrons. The molecule has 0 aliphatic rings. The lowest BCUT2D eigenvalue weighted by Crippen LogP contribution is -2.36. The highest BCUT2D eigenvalue weighted by molar-refractivity contribution is 5.72. The van der Waals surface area contributed by atoms with Gasteiger partial charge in [0.05, 0.1) is 13.2 Å². The quantitative estimate of drug-likeness (QED) is 0.304. The second kappa shape index (κ2) is 16.5. The van der Waals surface area contributed by atoms with Crippen molar-refractivity contribution in [2.24, 2.45) is 0 Å². The zero-order valence-electron chi connectivity index (χ0n) is 21.0. The lowest BCUT2D eigenvalue weighted by atomic mass is 10.1. The van der Waals surface area contributed by atoms with E-state index in [0.717, 1.165) is 37.7 Å². The maximum Gasteiger partial charge on any atom is 0.409 e. The summed E-state index contributed by atoms with van der Waals surface area (Å²) in [4.78, 5) is 25.6. The summed E-state index contributed by atoms with van der Waals surface area (Å²) in [5, 5.41) is 9.24. The average Bonchev–Trinajstić information content (AvgIpc) is 2.86. The molecule has 2 rings (SSSR count). The smallest absolute Gasteiger partial charge is 0.409 e. The van der Waals surface area contributed by atoms with Gasteiger partial charge in [-0.15, -0.1) is 0 Å². The Morgan fingerprint density at radius 1 is 0.886 bits per heavy atom. The maximum atomic E-state index is 12.6. The first-order valence-corrected chi connectivity index (χ1v) is 12.5. The van der Waals surface area contributed by atoms with Gasteiger partial charge in [-0.1, -0.05) is 55.8 Å². The van der Waals surface area contributed by atoms with E-state index in [1.54, 1.807) is 11.8 Å². The Morgan fingerprint density at radius 3 is 2.29 bits per heavy atom. The van der Waals surface area contributed by atoms with Gasteiger partial charge in [0, 0.05) is 19.6 Å². The number of carboxylic acid groups (broad SMARTS) is 1. The van der Waals surface area contributed by atoms with Crippen molar-refractivity contribution in [3.63, 3.8) is 0 Å². The number of amides is 1. The third-order valence-electron chi connectivity index (χ3n) is 5.59. The van der Waals surface area contributed by atoms with Crippen LogP contribution in [0.25, 0.3) is 0 Å². The standard InChI is InChI=1S/C28H39NO6/c1-3-5-20-35-28(32)29(18-10-9-13-23-11-7-6-8-12-23)19-21-34-25-16-14-24(15-17-25)22-26(27(30)31)33-4-2/h6-8,11-12,14-17,26H,3-5,9-10,13,18-22H2,1-2H3,(H,30,31). The van der Waals surface area contributed by atoms with Crippen molar-refractivity contribution < 1.29 is 28.9 Å². The van der Waals surface area contributed by atoms with Crippen LogP contribution < -0.4 is 4.74 Å². The summed E-state index contributed by atoms with van der Waals surface area (Å²) in [6, 6.07) is 17.6. The SMILES string of the molecule is CCCCOC(=O)N(CCCCc1ccccc1)CCOc1ccc(CC(OCC)C(=O)O)cc1. The molecule has 35 heavy (non-hydrogen) atoms. The van der Waals surface area contributed by atoms with Crippen molar-refractivity contribution in [3.8, 4) is 5.75 Å². The number of nitrogens with zero attached hydrogens (tertiary/aromatic N) is 1. The molecule has 0 spiro atoms. The van der Waals surface area contributed by atoms with E-state index in [-0.39, 0.29) is 6.09 Å². The number of aryl methyl sites for hydroxylation is 1. The Labute approximate surface area is 209 Å². The number of carbonyl (C=O) groups excluding carboxylic acids is 1. The second-order valence-corrected chi connectivity index (χ2v) is 8.38. The Morgan fingerprint density at radius 2 is 1.63 bits per heavy atom. The highest BCUT2D eigenvalue weighted by atomic mass is 16.6. The Bertz CT molecular complexity index is 856. The molecule has 0 saturated heterocycles. The molecule has 0 saturated carbocycles. The number of carboxylic acids is 1. The van der Waals surface area contributed by atoms with E-state index in [2.05, 4.69) is 19.1 Å². The molecular formula is C28H39NO6. The zero-order chi connectivity index (χ0) is 25.3. The molecule has 1 amide bonds. The van der Waals surface area contributed by atoms with E-state index in [9.17, 15) is 14.7 Å². The average molecular weight is 486 g/mol. The normalized spacial score (nSPS) is 11.6. The van der Waals surface area contributed by atoms with Gasteiger partial charge >= 0.3 is 12.1 Å². The summed E-state index contributed by atoms with van der Waals surface area (Å²) in [5.41, 5.74) is 2.16. The first kappa shape index (κ1) is 28.2. The van der Waals surface area contributed by atoms with Crippen LogP contribution in [0, 0.1) is 0 Å². The van der Waals surface area contributed by atoms with Crippen molar-refractivity contribution in [2.75, 3.05) is 32.9 Å². The van der Waals surface area contributed by atoms with Crippen LogP contribution in [0.3, 0.4) is 0 Å². The Hall–Kier alpha value is -3.06. The lowest BCUT2D eigenvalue weighted by Gasteiger charge is -2.22. The minimum Gasteiger partial charge on any atom is -0.492 e. The van der Waals surface area contributed by atoms with E-state index in [1.165, 1.54) is 5.56 Å². The third kappa shape index (κ3) is 11.3. The minimum atomic E-state index is -0.971. The molecule has 192 valence electrons. The van der Waals surface area contributed by atoms with Crippen molar-refractivity contribution in [1.82, 2.24) is 4.90 Å². The van der Waals surface area contributed by atoms with Gasteiger partial charge in [0.1, 0.15) is 12.4 Å². The van der Waals surface area contributed by atoms with Gasteiger partial charge in [-0.25, -0.2) is 9.59 Å². The highest BCUT2D eigenvalue weighted by Gasteiger charge is 2.18. The molecular weight excluding hydrogens is 446 g/mol. The van der Waals surface area contributed by atoms with Crippen molar-refractivity contribution >= 4 is 12.1 Å². The van der Waals surface area contributed by atoms with Crippen LogP contribution in [0.1, 0.15) is 50.7 Å². The van der Waals surface area contributed by atoms with Gasteiger partial charge in [-0.3, -0.25) is 0 Å². The predicted octanol–water partition coefficient (Wildman–Crippen LogP) is 5.36. The van der Waals surface area contributed by atoms with Gasteiger partial charge in [-0.2, -0.15) is 0 Å². The van der Waals surface area contributed by atoms with Crippen LogP contribution >= 0.6 is 0 Å². The fourth-order valence-corrected chi connectivity index (χ4v) is 3.59. The minimum absolute atomic E-state index is 0.295. The molecule has 7 heteroatoms. The number of carbonyl (C=O) groups is 2. The van der Waals surface area contributed by atoms with E-state index in [0.29, 0.717) is 45.1 Å². The number of rotatable bonds is 17. The number of unbranched alkanes of at least 4 members (excludes halogenated alkanes) is 2. The van der Waals surface area contributed by atoms with Crippen LogP contribution in [0.2, 0.25) is 0 Å². The molecule has 1 N–H and O–H groups in total. The molecule has 7 nitrogen and oxygen atoms in total. The van der Waals surface area contributed by atoms with E-state index >= 15 is 0 Å². The van der Waals surface area contributed by atoms with Crippen molar-refractivity contribution in [1.29, 1.82) is 0 Å². The summed E-state index contributed by atoms with van der Waals surface area (Å²) in [6.45, 7) is 6.01. The lowest BCUT2D eigenvalue weighted by molar-refractivity contribution is -0.149. The summed E-state index contributed by atoms with van der Waals surface area (Å²) >= 11 is 0.